The molecule has 1 unspecified atom stereocenters. The van der Waals surface area contributed by atoms with Gasteiger partial charge in [0.2, 0.25) is 0 Å². The molecular formula is C18H28N2O. The van der Waals surface area contributed by atoms with Crippen molar-refractivity contribution in [3.05, 3.63) is 29.8 Å². The highest BCUT2D eigenvalue weighted by Gasteiger charge is 2.16. The third-order valence-electron chi connectivity index (χ3n) is 3.64. The molecule has 1 aromatic carbocycles. The molecule has 0 saturated carbocycles. The summed E-state index contributed by atoms with van der Waals surface area (Å²) in [5.41, 5.74) is 1.02. The van der Waals surface area contributed by atoms with Crippen LogP contribution in [0.25, 0.3) is 0 Å². The molecule has 0 aromatic heterocycles. The maximum Gasteiger partial charge on any atom is 0.119 e. The molecule has 0 spiro atoms. The maximum atomic E-state index is 8.96. The lowest BCUT2D eigenvalue weighted by atomic mass is 9.92. The molecule has 1 aromatic rings. The molecule has 0 bridgehead atoms. The van der Waals surface area contributed by atoms with Crippen molar-refractivity contribution in [3.63, 3.8) is 0 Å². The fourth-order valence-corrected chi connectivity index (χ4v) is 2.07. The molecule has 0 fully saturated rings. The number of benzene rings is 1. The summed E-state index contributed by atoms with van der Waals surface area (Å²) in [7, 11) is 0. The SMILES string of the molecule is CCNC(C)CCc1ccc(OCCC(C)(C)C#N)cc1. The standard InChI is InChI=1S/C18H28N2O/c1-5-20-15(2)6-7-16-8-10-17(11-9-16)21-13-12-18(3,4)14-19/h8-11,15,20H,5-7,12-13H2,1-4H3. The minimum atomic E-state index is -0.317. The summed E-state index contributed by atoms with van der Waals surface area (Å²) >= 11 is 0. The highest BCUT2D eigenvalue weighted by molar-refractivity contribution is 5.27. The Kier molecular flexibility index (Phi) is 7.25. The second-order valence-corrected chi connectivity index (χ2v) is 6.24. The Balaban J connectivity index is 2.35. The van der Waals surface area contributed by atoms with E-state index in [4.69, 9.17) is 10.00 Å². The number of rotatable bonds is 9. The molecule has 0 amide bonds. The predicted octanol–water partition coefficient (Wildman–Crippen LogP) is 3.94. The van der Waals surface area contributed by atoms with Crippen LogP contribution in [0.1, 0.15) is 46.1 Å². The largest absolute Gasteiger partial charge is 0.494 e. The molecule has 1 N–H and O–H groups in total. The van der Waals surface area contributed by atoms with Crippen LogP contribution >= 0.6 is 0 Å². The van der Waals surface area contributed by atoms with Gasteiger partial charge in [-0.1, -0.05) is 19.1 Å². The summed E-state index contributed by atoms with van der Waals surface area (Å²) in [5.74, 6) is 0.882. The third-order valence-corrected chi connectivity index (χ3v) is 3.64. The van der Waals surface area contributed by atoms with Crippen LogP contribution in [0.4, 0.5) is 0 Å². The van der Waals surface area contributed by atoms with Crippen molar-refractivity contribution in [1.29, 1.82) is 5.26 Å². The molecule has 0 aliphatic heterocycles. The summed E-state index contributed by atoms with van der Waals surface area (Å²) in [5, 5.41) is 12.4. The first kappa shape index (κ1) is 17.5. The Morgan fingerprint density at radius 3 is 2.52 bits per heavy atom. The van der Waals surface area contributed by atoms with E-state index in [1.54, 1.807) is 0 Å². The van der Waals surface area contributed by atoms with Gasteiger partial charge in [0.1, 0.15) is 5.75 Å². The Labute approximate surface area is 129 Å². The lowest BCUT2D eigenvalue weighted by Crippen LogP contribution is -2.25. The maximum absolute atomic E-state index is 8.96. The van der Waals surface area contributed by atoms with Crippen LogP contribution in [0.15, 0.2) is 24.3 Å². The third kappa shape index (κ3) is 7.15. The average Bonchev–Trinajstić information content (AvgIpc) is 2.47. The zero-order chi connectivity index (χ0) is 15.7. The van der Waals surface area contributed by atoms with Gasteiger partial charge in [0.15, 0.2) is 0 Å². The van der Waals surface area contributed by atoms with Gasteiger partial charge in [-0.2, -0.15) is 5.26 Å². The van der Waals surface area contributed by atoms with Crippen molar-refractivity contribution in [2.45, 2.75) is 53.0 Å². The van der Waals surface area contributed by atoms with Crippen LogP contribution < -0.4 is 10.1 Å². The number of aryl methyl sites for hydroxylation is 1. The van der Waals surface area contributed by atoms with Crippen molar-refractivity contribution in [3.8, 4) is 11.8 Å². The van der Waals surface area contributed by atoms with Crippen molar-refractivity contribution in [2.75, 3.05) is 13.2 Å². The smallest absolute Gasteiger partial charge is 0.119 e. The average molecular weight is 288 g/mol. The first-order chi connectivity index (χ1) is 9.96. The predicted molar refractivity (Wildman–Crippen MR) is 87.4 cm³/mol. The lowest BCUT2D eigenvalue weighted by Gasteiger charge is -2.15. The monoisotopic (exact) mass is 288 g/mol. The van der Waals surface area contributed by atoms with Gasteiger partial charge >= 0.3 is 0 Å². The van der Waals surface area contributed by atoms with Crippen LogP contribution in [-0.2, 0) is 6.42 Å². The summed E-state index contributed by atoms with van der Waals surface area (Å²) < 4.78 is 5.70. The molecule has 1 atom stereocenters. The molecule has 1 rings (SSSR count). The summed E-state index contributed by atoms with van der Waals surface area (Å²) in [6.07, 6.45) is 2.96. The summed E-state index contributed by atoms with van der Waals surface area (Å²) in [6.45, 7) is 9.83. The van der Waals surface area contributed by atoms with Crippen molar-refractivity contribution in [1.82, 2.24) is 5.32 Å². The molecule has 3 heteroatoms. The first-order valence-corrected chi connectivity index (χ1v) is 7.83. The molecule has 0 aliphatic carbocycles. The zero-order valence-corrected chi connectivity index (χ0v) is 13.8. The summed E-state index contributed by atoms with van der Waals surface area (Å²) in [4.78, 5) is 0. The molecule has 21 heavy (non-hydrogen) atoms. The molecule has 0 aliphatic rings. The van der Waals surface area contributed by atoms with E-state index in [1.807, 2.05) is 26.0 Å². The number of hydrogen-bond donors (Lipinski definition) is 1. The molecule has 3 nitrogen and oxygen atoms in total. The van der Waals surface area contributed by atoms with Gasteiger partial charge in [0.05, 0.1) is 18.1 Å². The fraction of sp³-hybridized carbons (Fsp3) is 0.611. The van der Waals surface area contributed by atoms with Gasteiger partial charge in [0, 0.05) is 6.04 Å². The van der Waals surface area contributed by atoms with E-state index in [2.05, 4.69) is 37.4 Å². The van der Waals surface area contributed by atoms with Gasteiger partial charge in [-0.15, -0.1) is 0 Å². The summed E-state index contributed by atoms with van der Waals surface area (Å²) in [6, 6.07) is 11.1. The van der Waals surface area contributed by atoms with Crippen molar-refractivity contribution in [2.24, 2.45) is 5.41 Å². The van der Waals surface area contributed by atoms with Crippen molar-refractivity contribution < 1.29 is 4.74 Å². The molecule has 0 radical (unpaired) electrons. The Morgan fingerprint density at radius 1 is 1.29 bits per heavy atom. The normalized spacial score (nSPS) is 12.7. The van der Waals surface area contributed by atoms with Crippen LogP contribution in [0.2, 0.25) is 0 Å². The van der Waals surface area contributed by atoms with Gasteiger partial charge in [-0.05, 0) is 64.3 Å². The number of nitriles is 1. The number of hydrogen-bond acceptors (Lipinski definition) is 3. The van der Waals surface area contributed by atoms with Crippen LogP contribution in [0.3, 0.4) is 0 Å². The Hall–Kier alpha value is -1.53. The first-order valence-electron chi connectivity index (χ1n) is 7.83. The van der Waals surface area contributed by atoms with E-state index >= 15 is 0 Å². The second kappa shape index (κ2) is 8.69. The number of nitrogens with one attached hydrogen (secondary N) is 1. The van der Waals surface area contributed by atoms with Gasteiger partial charge in [-0.25, -0.2) is 0 Å². The fourth-order valence-electron chi connectivity index (χ4n) is 2.07. The van der Waals surface area contributed by atoms with Gasteiger partial charge < -0.3 is 10.1 Å². The Morgan fingerprint density at radius 2 is 1.95 bits per heavy atom. The van der Waals surface area contributed by atoms with E-state index in [-0.39, 0.29) is 5.41 Å². The molecular weight excluding hydrogens is 260 g/mol. The van der Waals surface area contributed by atoms with Crippen LogP contribution in [0, 0.1) is 16.7 Å². The zero-order valence-electron chi connectivity index (χ0n) is 13.8. The molecule has 0 heterocycles. The topological polar surface area (TPSA) is 45.0 Å². The number of nitrogens with zero attached hydrogens (tertiary/aromatic N) is 1. The van der Waals surface area contributed by atoms with E-state index < -0.39 is 0 Å². The van der Waals surface area contributed by atoms with Gasteiger partial charge in [-0.3, -0.25) is 0 Å². The van der Waals surface area contributed by atoms with Crippen LogP contribution in [0.5, 0.6) is 5.75 Å². The quantitative estimate of drug-likeness (QED) is 0.748. The highest BCUT2D eigenvalue weighted by atomic mass is 16.5. The van der Waals surface area contributed by atoms with E-state index in [9.17, 15) is 0 Å². The second-order valence-electron chi connectivity index (χ2n) is 6.24. The van der Waals surface area contributed by atoms with Crippen LogP contribution in [-0.4, -0.2) is 19.2 Å². The minimum Gasteiger partial charge on any atom is -0.494 e. The van der Waals surface area contributed by atoms with Crippen molar-refractivity contribution >= 4 is 0 Å². The highest BCUT2D eigenvalue weighted by Crippen LogP contribution is 2.20. The minimum absolute atomic E-state index is 0.317. The van der Waals surface area contributed by atoms with E-state index in [0.29, 0.717) is 12.6 Å². The molecule has 116 valence electrons. The molecule has 0 saturated heterocycles. The lowest BCUT2D eigenvalue weighted by molar-refractivity contribution is 0.264. The number of ether oxygens (including phenoxy) is 1. The Bertz CT molecular complexity index is 445. The van der Waals surface area contributed by atoms with Gasteiger partial charge in [0.25, 0.3) is 0 Å². The van der Waals surface area contributed by atoms with E-state index in [0.717, 1.165) is 31.6 Å². The van der Waals surface area contributed by atoms with E-state index in [1.165, 1.54) is 5.56 Å².